The van der Waals surface area contributed by atoms with Crippen LogP contribution in [0.5, 0.6) is 0 Å². The van der Waals surface area contributed by atoms with Crippen molar-refractivity contribution >= 4 is 71.2 Å². The van der Waals surface area contributed by atoms with Crippen molar-refractivity contribution in [2.75, 3.05) is 124 Å². The Labute approximate surface area is 712 Å². The fourth-order valence-electron chi connectivity index (χ4n) is 13.3. The van der Waals surface area contributed by atoms with E-state index in [1.54, 1.807) is 54.6 Å². The summed E-state index contributed by atoms with van der Waals surface area (Å²) in [6.07, 6.45) is -0.564. The number of benzene rings is 1. The van der Waals surface area contributed by atoms with Crippen LogP contribution in [0.3, 0.4) is 0 Å². The number of carbonyl (C=O) groups excluding carboxylic acids is 12. The van der Waals surface area contributed by atoms with E-state index in [-0.39, 0.29) is 316 Å². The third-order valence-electron chi connectivity index (χ3n) is 18.4. The standard InChI is InChI=1S/C71H95N13O21.3Tm/c85-60(18-3-1-15-57(69(100)101)82-27-21-76(42-62(87)88)36-51-9-5-10-52(73-51)37-77(22-28-82)43-63(89)90)48-33-49(61(86)19-4-2-16-58(70(102)103)83-29-23-78(44-64(91)92)38-53-11-6-12-54(74-53)39-79(24-30-83)45-65(93)94)35-50(34-48)68(99)72-20-8-17-59(71(104)105)84-31-25-80(46-66(95)96)40-55-13-7-14-56(75-55)41-81(26-32-84)47-67(97)98;;;/h5-7,9-14,33-35,57-59H,1-4,8,15-32,36-47H2,(H,72,99)(H,87,88)(H,89,90)(H,91,92)(H,93,94)(H,95,96)(H,97,98)(H,100,101)(H,102,103)(H,104,105);;;/p-9. The maximum atomic E-state index is 14.3. The molecule has 1 aromatic carbocycles. The van der Waals surface area contributed by atoms with Crippen molar-refractivity contribution in [3.05, 3.63) is 124 Å². The number of carboxylic acids is 9. The Morgan fingerprint density at radius 1 is 0.324 bits per heavy atom. The number of carbonyl (C=O) groups is 12. The summed E-state index contributed by atoms with van der Waals surface area (Å²) in [6, 6.07) is 14.9. The normalized spacial score (nSPS) is 17.0. The first kappa shape index (κ1) is 94.4. The van der Waals surface area contributed by atoms with E-state index in [1.165, 1.54) is 62.3 Å². The number of rotatable bonds is 35. The summed E-state index contributed by atoms with van der Waals surface area (Å²) >= 11 is 0. The van der Waals surface area contributed by atoms with E-state index < -0.39 is 129 Å². The predicted molar refractivity (Wildman–Crippen MR) is 349 cm³/mol. The third kappa shape index (κ3) is 33.5. The number of hydrogen-bond acceptors (Lipinski definition) is 33. The minimum Gasteiger partial charge on any atom is -0.549 e. The molecule has 108 heavy (non-hydrogen) atoms. The molecule has 0 saturated carbocycles. The van der Waals surface area contributed by atoms with Crippen LogP contribution in [0.4, 0.5) is 0 Å². The van der Waals surface area contributed by atoms with Crippen LogP contribution in [-0.4, -0.2) is 273 Å². The fraction of sp³-hybridized carbons (Fsp3) is 0.535. The fourth-order valence-corrected chi connectivity index (χ4v) is 13.3. The van der Waals surface area contributed by atoms with Crippen LogP contribution in [0, 0.1) is 111 Å². The van der Waals surface area contributed by atoms with Gasteiger partial charge in [0.15, 0.2) is 11.6 Å². The number of ketones is 2. The molecular weight excluding hydrogens is 1880 g/mol. The molecule has 3 atom stereocenters. The largest absolute Gasteiger partial charge is 0.549 e. The van der Waals surface area contributed by atoms with E-state index in [0.29, 0.717) is 34.2 Å². The average molecular weight is 1960 g/mol. The Balaban J connectivity index is 0.00000821. The number of aromatic nitrogens is 3. The second-order valence-electron chi connectivity index (χ2n) is 26.5. The summed E-state index contributed by atoms with van der Waals surface area (Å²) in [6.45, 7) is -3.20. The number of carboxylic acid groups (broad SMARTS) is 9. The summed E-state index contributed by atoms with van der Waals surface area (Å²) in [5, 5.41) is 113. The van der Waals surface area contributed by atoms with Crippen molar-refractivity contribution < 1.29 is 214 Å². The number of amides is 1. The van der Waals surface area contributed by atoms with Crippen LogP contribution in [0.1, 0.15) is 129 Å². The molecule has 37 heteroatoms. The molecule has 3 unspecified atom stereocenters. The summed E-state index contributed by atoms with van der Waals surface area (Å²) in [4.78, 5) is 180. The second-order valence-corrected chi connectivity index (χ2v) is 26.5. The minimum absolute atomic E-state index is 0. The van der Waals surface area contributed by atoms with Gasteiger partial charge in [0.25, 0.3) is 5.91 Å². The van der Waals surface area contributed by atoms with Crippen molar-refractivity contribution in [1.29, 1.82) is 0 Å². The first-order valence-electron chi connectivity index (χ1n) is 34.9. The zero-order valence-corrected chi connectivity index (χ0v) is 64.5. The van der Waals surface area contributed by atoms with Gasteiger partial charge in [-0.05, 0) is 93.1 Å². The van der Waals surface area contributed by atoms with E-state index in [4.69, 9.17) is 0 Å². The van der Waals surface area contributed by atoms with Gasteiger partial charge < -0.3 is 94.4 Å². The smallest absolute Gasteiger partial charge is 0.251 e. The molecule has 6 heterocycles. The Morgan fingerprint density at radius 3 is 0.787 bits per heavy atom. The minimum atomic E-state index is -1.52. The molecule has 1 amide bonds. The van der Waals surface area contributed by atoms with Crippen molar-refractivity contribution in [2.24, 2.45) is 0 Å². The van der Waals surface area contributed by atoms with Gasteiger partial charge in [0.2, 0.25) is 0 Å². The number of aliphatic carboxylic acids is 9. The summed E-state index contributed by atoms with van der Waals surface area (Å²) in [7, 11) is 0. The molecule has 3 aliphatic heterocycles. The molecular formula is C71H86N13O21Tm3-9. The summed E-state index contributed by atoms with van der Waals surface area (Å²) < 4.78 is 0. The van der Waals surface area contributed by atoms with Gasteiger partial charge >= 0.3 is 0 Å². The number of hydrogen-bond donors (Lipinski definition) is 1. The molecule has 7 rings (SSSR count). The van der Waals surface area contributed by atoms with Gasteiger partial charge in [-0.3, -0.25) is 73.4 Å². The SMILES string of the molecule is O=C([O-])CN1CCN(C(CCCCC(=O)c2cc(C(=O)CCCCC(C(=O)[O-])N3CCN(CC(=O)[O-])Cc4cccc(n4)CN(CC(=O)[O-])CC3)cc(C(=O)NCCCC(C(=O)[O-])N3CCN(CC(=O)[O-])Cc4cccc(n4)CN(CC(=O)[O-])CC3)c2)C(=O)[O-])CCN(CC(=O)[O-])Cc2cccc(n2)C1.[Tm].[Tm].[Tm]. The van der Waals surface area contributed by atoms with Crippen LogP contribution >= 0.6 is 0 Å². The maximum absolute atomic E-state index is 14.3. The number of Topliss-reactive ketones (excluding diaryl/α,β-unsaturated/α-hetero) is 2. The van der Waals surface area contributed by atoms with Gasteiger partial charge in [-0.15, -0.1) is 0 Å². The Hall–Kier alpha value is -5.95. The number of nitrogens with one attached hydrogen (secondary N) is 1. The van der Waals surface area contributed by atoms with Gasteiger partial charge in [-0.25, -0.2) is 0 Å². The van der Waals surface area contributed by atoms with Crippen molar-refractivity contribution in [1.82, 2.24) is 64.4 Å². The van der Waals surface area contributed by atoms with Gasteiger partial charge in [0.1, 0.15) is 0 Å². The molecule has 0 spiro atoms. The quantitative estimate of drug-likeness (QED) is 0.0330. The van der Waals surface area contributed by atoms with Crippen molar-refractivity contribution in [3.8, 4) is 0 Å². The van der Waals surface area contributed by atoms with E-state index in [2.05, 4.69) is 20.3 Å². The molecule has 3 aromatic heterocycles. The van der Waals surface area contributed by atoms with Crippen LogP contribution in [0.15, 0.2) is 72.8 Å². The van der Waals surface area contributed by atoms with E-state index in [1.807, 2.05) is 0 Å². The van der Waals surface area contributed by atoms with Gasteiger partial charge in [0.05, 0.1) is 87.9 Å². The van der Waals surface area contributed by atoms with Gasteiger partial charge in [0, 0.05) is 322 Å². The first-order chi connectivity index (χ1) is 50.1. The van der Waals surface area contributed by atoms with E-state index in [0.717, 1.165) is 0 Å². The molecule has 0 fully saturated rings. The van der Waals surface area contributed by atoms with Crippen molar-refractivity contribution in [3.63, 3.8) is 0 Å². The molecule has 4 aromatic rings. The third-order valence-corrected chi connectivity index (χ3v) is 18.4. The van der Waals surface area contributed by atoms with Gasteiger partial charge in [-0.2, -0.15) is 0 Å². The molecule has 3 radical (unpaired) electrons. The number of pyridine rings is 3. The molecule has 0 saturated heterocycles. The van der Waals surface area contributed by atoms with Crippen molar-refractivity contribution in [2.45, 2.75) is 122 Å². The Bertz CT molecular complexity index is 3200. The zero-order valence-electron chi connectivity index (χ0n) is 59.2. The predicted octanol–water partition coefficient (Wildman–Crippen LogP) is -10.4. The summed E-state index contributed by atoms with van der Waals surface area (Å²) in [5.74, 6) is -14.8. The monoisotopic (exact) mass is 1960 g/mol. The molecule has 609 valence electrons. The number of fused-ring (bicyclic) bond motifs is 6. The van der Waals surface area contributed by atoms with Crippen LogP contribution < -0.4 is 51.3 Å². The maximum Gasteiger partial charge on any atom is 0.251 e. The van der Waals surface area contributed by atoms with Crippen LogP contribution in [0.25, 0.3) is 0 Å². The van der Waals surface area contributed by atoms with Crippen LogP contribution in [0.2, 0.25) is 0 Å². The van der Waals surface area contributed by atoms with Gasteiger partial charge in [-0.1, -0.05) is 31.0 Å². The number of unbranched alkanes of at least 4 members (excludes halogenated alkanes) is 2. The average Bonchev–Trinajstić information content (AvgIpc) is 0.827. The number of nitrogens with zero attached hydrogens (tertiary/aromatic N) is 12. The van der Waals surface area contributed by atoms with E-state index in [9.17, 15) is 103 Å². The molecule has 6 bridgehead atoms. The van der Waals surface area contributed by atoms with Crippen LogP contribution in [-0.2, 0) is 82.4 Å². The Morgan fingerprint density at radius 2 is 0.556 bits per heavy atom. The van der Waals surface area contributed by atoms with E-state index >= 15 is 0 Å². The molecule has 0 aliphatic carbocycles. The first-order valence-corrected chi connectivity index (χ1v) is 34.9. The second kappa shape index (κ2) is 48.7. The Kier molecular flexibility index (Phi) is 42.6. The molecule has 3 aliphatic rings. The molecule has 1 N–H and O–H groups in total. The summed E-state index contributed by atoms with van der Waals surface area (Å²) in [5.41, 5.74) is 2.46. The topological polar surface area (TPSA) is 492 Å². The molecule has 34 nitrogen and oxygen atoms in total. The zero-order chi connectivity index (χ0) is 76.1.